The van der Waals surface area contributed by atoms with Crippen molar-refractivity contribution in [3.63, 3.8) is 0 Å². The van der Waals surface area contributed by atoms with Crippen LogP contribution in [0.4, 0.5) is 0 Å². The van der Waals surface area contributed by atoms with E-state index in [9.17, 15) is 33.9 Å². The minimum atomic E-state index is -1.15. The molecular weight excluding hydrogens is 686 g/mol. The maximum Gasteiger partial charge on any atom is 0.326 e. The summed E-state index contributed by atoms with van der Waals surface area (Å²) in [7, 11) is 0. The van der Waals surface area contributed by atoms with Crippen molar-refractivity contribution in [1.82, 2.24) is 26.2 Å². The third-order valence-electron chi connectivity index (χ3n) is 8.95. The molecule has 0 aromatic carbocycles. The van der Waals surface area contributed by atoms with Gasteiger partial charge in [0.2, 0.25) is 29.5 Å². The highest BCUT2D eigenvalue weighted by atomic mass is 16.4. The first-order chi connectivity index (χ1) is 25.0. The van der Waals surface area contributed by atoms with Crippen molar-refractivity contribution in [2.24, 2.45) is 45.5 Å². The second-order valence-electron chi connectivity index (χ2n) is 14.7. The number of nitrogens with two attached hydrogens (primary N) is 5. The van der Waals surface area contributed by atoms with Crippen molar-refractivity contribution in [3.8, 4) is 0 Å². The van der Waals surface area contributed by atoms with Crippen LogP contribution in [0.2, 0.25) is 0 Å². The van der Waals surface area contributed by atoms with Crippen LogP contribution >= 0.6 is 0 Å². The number of aliphatic imine (C=N–C) groups is 1. The molecule has 6 atom stereocenters. The molecule has 0 aliphatic carbocycles. The summed E-state index contributed by atoms with van der Waals surface area (Å²) in [6.45, 7) is 8.81. The minimum Gasteiger partial charge on any atom is -0.480 e. The van der Waals surface area contributed by atoms with E-state index in [1.807, 2.05) is 27.7 Å². The van der Waals surface area contributed by atoms with Gasteiger partial charge in [0.1, 0.15) is 30.2 Å². The van der Waals surface area contributed by atoms with Gasteiger partial charge in [-0.2, -0.15) is 0 Å². The Hall–Kier alpha value is -4.03. The molecule has 15 N–H and O–H groups in total. The fourth-order valence-corrected chi connectivity index (χ4v) is 6.15. The molecule has 0 spiro atoms. The predicted octanol–water partition coefficient (Wildman–Crippen LogP) is -1.27. The normalized spacial score (nSPS) is 17.0. The van der Waals surface area contributed by atoms with Crippen LogP contribution in [0.1, 0.15) is 105 Å². The van der Waals surface area contributed by atoms with Gasteiger partial charge in [0.05, 0.1) is 6.04 Å². The first kappa shape index (κ1) is 47.0. The summed E-state index contributed by atoms with van der Waals surface area (Å²) in [6, 6.07) is -6.01. The number of unbranched alkanes of at least 4 members (excludes halogenated alkanes) is 2. The van der Waals surface area contributed by atoms with Gasteiger partial charge in [0.25, 0.3) is 0 Å². The molecule has 1 saturated heterocycles. The number of carboxylic acids is 1. The summed E-state index contributed by atoms with van der Waals surface area (Å²) in [5.74, 6) is -3.98. The third kappa shape index (κ3) is 18.0. The molecule has 5 amide bonds. The molecule has 6 unspecified atom stereocenters. The molecule has 1 heterocycles. The molecule has 0 aromatic rings. The number of likely N-dealkylation sites (tertiary alicyclic amines) is 1. The molecule has 304 valence electrons. The molecule has 0 saturated carbocycles. The highest BCUT2D eigenvalue weighted by molar-refractivity contribution is 5.96. The van der Waals surface area contributed by atoms with E-state index < -0.39 is 71.8 Å². The molecule has 53 heavy (non-hydrogen) atoms. The monoisotopic (exact) mass is 754 g/mol. The quantitative estimate of drug-likeness (QED) is 0.0281. The van der Waals surface area contributed by atoms with Gasteiger partial charge in [0, 0.05) is 13.1 Å². The van der Waals surface area contributed by atoms with Crippen LogP contribution in [0.3, 0.4) is 0 Å². The number of carboxylic acid groups (broad SMARTS) is 1. The Bertz CT molecular complexity index is 1210. The Morgan fingerprint density at radius 1 is 0.717 bits per heavy atom. The first-order valence-electron chi connectivity index (χ1n) is 19.0. The Kier molecular flexibility index (Phi) is 22.2. The number of nitrogens with zero attached hydrogens (tertiary/aromatic N) is 2. The summed E-state index contributed by atoms with van der Waals surface area (Å²) in [4.78, 5) is 85.0. The summed E-state index contributed by atoms with van der Waals surface area (Å²) >= 11 is 0. The zero-order valence-corrected chi connectivity index (χ0v) is 32.1. The SMILES string of the molecule is CC(C)CC(NC(=O)C1CCCN1C(=O)C(CC(C)C)NC(=O)C(CCCCN)NC(=O)C(CCCCN)NC(=O)C(N)CCCN=C(N)N)C(=O)O. The van der Waals surface area contributed by atoms with Gasteiger partial charge in [-0.25, -0.2) is 4.79 Å². The number of nitrogens with one attached hydrogen (secondary N) is 4. The zero-order chi connectivity index (χ0) is 40.1. The third-order valence-corrected chi connectivity index (χ3v) is 8.95. The lowest BCUT2D eigenvalue weighted by atomic mass is 10.00. The predicted molar refractivity (Wildman–Crippen MR) is 203 cm³/mol. The van der Waals surface area contributed by atoms with Crippen LogP contribution in [0.5, 0.6) is 0 Å². The van der Waals surface area contributed by atoms with Crippen molar-refractivity contribution in [1.29, 1.82) is 0 Å². The molecule has 18 nitrogen and oxygen atoms in total. The lowest BCUT2D eigenvalue weighted by Crippen LogP contribution is -2.59. The van der Waals surface area contributed by atoms with Crippen molar-refractivity contribution in [3.05, 3.63) is 0 Å². The fourth-order valence-electron chi connectivity index (χ4n) is 6.15. The summed E-state index contributed by atoms with van der Waals surface area (Å²) in [5, 5.41) is 20.6. The van der Waals surface area contributed by atoms with Gasteiger partial charge in [0.15, 0.2) is 5.96 Å². The van der Waals surface area contributed by atoms with E-state index in [1.165, 1.54) is 4.90 Å². The van der Waals surface area contributed by atoms with E-state index in [1.54, 1.807) is 0 Å². The van der Waals surface area contributed by atoms with Crippen LogP contribution < -0.4 is 49.9 Å². The van der Waals surface area contributed by atoms with E-state index in [0.29, 0.717) is 64.6 Å². The number of carbonyl (C=O) groups excluding carboxylic acids is 5. The van der Waals surface area contributed by atoms with E-state index in [-0.39, 0.29) is 56.4 Å². The summed E-state index contributed by atoms with van der Waals surface area (Å²) < 4.78 is 0. The fraction of sp³-hybridized carbons (Fsp3) is 0.800. The molecular formula is C35H67N11O7. The van der Waals surface area contributed by atoms with Gasteiger partial charge >= 0.3 is 5.97 Å². The van der Waals surface area contributed by atoms with Crippen molar-refractivity contribution < 1.29 is 33.9 Å². The first-order valence-corrected chi connectivity index (χ1v) is 19.0. The van der Waals surface area contributed by atoms with Crippen LogP contribution in [0.15, 0.2) is 4.99 Å². The standard InChI is InChI=1S/C35H67N11O7/c1-21(2)19-26(33(51)46-18-10-14-28(46)32(50)45-27(34(52)53)20-22(3)4)44-31(49)25(13-6-8-16-37)43-30(48)24(12-5-7-15-36)42-29(47)23(38)11-9-17-41-35(39)40/h21-28H,5-20,36-38H2,1-4H3,(H,42,47)(H,43,48)(H,44,49)(H,45,50)(H,52,53)(H4,39,40,41). The summed E-state index contributed by atoms with van der Waals surface area (Å²) in [5.41, 5.74) is 28.2. The number of amides is 5. The molecule has 1 rings (SSSR count). The number of guanidine groups is 1. The van der Waals surface area contributed by atoms with Gasteiger partial charge < -0.3 is 59.9 Å². The zero-order valence-electron chi connectivity index (χ0n) is 32.1. The Balaban J connectivity index is 3.20. The largest absolute Gasteiger partial charge is 0.480 e. The van der Waals surface area contributed by atoms with Crippen molar-refractivity contribution >= 4 is 41.5 Å². The Morgan fingerprint density at radius 3 is 1.72 bits per heavy atom. The van der Waals surface area contributed by atoms with Crippen LogP contribution in [-0.4, -0.2) is 114 Å². The van der Waals surface area contributed by atoms with E-state index >= 15 is 0 Å². The molecule has 0 bridgehead atoms. The van der Waals surface area contributed by atoms with Gasteiger partial charge in [-0.1, -0.05) is 27.7 Å². The highest BCUT2D eigenvalue weighted by Crippen LogP contribution is 2.21. The number of hydrogen-bond acceptors (Lipinski definition) is 10. The van der Waals surface area contributed by atoms with E-state index in [4.69, 9.17) is 28.7 Å². The van der Waals surface area contributed by atoms with Crippen molar-refractivity contribution in [2.75, 3.05) is 26.2 Å². The van der Waals surface area contributed by atoms with Crippen LogP contribution in [0, 0.1) is 11.8 Å². The van der Waals surface area contributed by atoms with Crippen LogP contribution in [0.25, 0.3) is 0 Å². The molecule has 1 aliphatic rings. The molecule has 1 aliphatic heterocycles. The minimum absolute atomic E-state index is 0.0181. The molecule has 0 aromatic heterocycles. The highest BCUT2D eigenvalue weighted by Gasteiger charge is 2.40. The lowest BCUT2D eigenvalue weighted by molar-refractivity contribution is -0.145. The lowest BCUT2D eigenvalue weighted by Gasteiger charge is -2.31. The number of aliphatic carboxylic acids is 1. The summed E-state index contributed by atoms with van der Waals surface area (Å²) in [6.07, 6.45) is 4.76. The van der Waals surface area contributed by atoms with Gasteiger partial charge in [-0.05, 0) is 102 Å². The maximum absolute atomic E-state index is 14.0. The maximum atomic E-state index is 14.0. The Morgan fingerprint density at radius 2 is 1.23 bits per heavy atom. The average Bonchev–Trinajstić information content (AvgIpc) is 3.58. The second-order valence-corrected chi connectivity index (χ2v) is 14.7. The number of carbonyl (C=O) groups is 6. The Labute approximate surface area is 313 Å². The van der Waals surface area contributed by atoms with Gasteiger partial charge in [-0.3, -0.25) is 29.0 Å². The van der Waals surface area contributed by atoms with Gasteiger partial charge in [-0.15, -0.1) is 0 Å². The van der Waals surface area contributed by atoms with Crippen LogP contribution in [-0.2, 0) is 28.8 Å². The average molecular weight is 754 g/mol. The van der Waals surface area contributed by atoms with E-state index in [2.05, 4.69) is 26.3 Å². The van der Waals surface area contributed by atoms with Crippen molar-refractivity contribution in [2.45, 2.75) is 141 Å². The molecule has 1 fully saturated rings. The number of hydrogen-bond donors (Lipinski definition) is 10. The number of rotatable bonds is 26. The topological polar surface area (TPSA) is 316 Å². The smallest absolute Gasteiger partial charge is 0.326 e. The molecule has 18 heteroatoms. The second kappa shape index (κ2) is 25.1. The van der Waals surface area contributed by atoms with E-state index in [0.717, 1.165) is 0 Å². The molecule has 0 radical (unpaired) electrons.